The third-order valence-corrected chi connectivity index (χ3v) is 8.46. The maximum atomic E-state index is 9.27. The highest BCUT2D eigenvalue weighted by Gasteiger charge is 2.21. The molecule has 5 heteroatoms. The molecule has 10 aromatic rings. The maximum absolute atomic E-state index is 9.27. The second-order valence-electron chi connectivity index (χ2n) is 11.3. The molecule has 10 rings (SSSR count). The fourth-order valence-corrected chi connectivity index (χ4v) is 6.30. The van der Waals surface area contributed by atoms with Crippen molar-refractivity contribution in [1.82, 2.24) is 15.0 Å². The molecule has 0 aliphatic carbocycles. The smallest absolute Gasteiger partial charge is 0.164 e. The summed E-state index contributed by atoms with van der Waals surface area (Å²) in [5.41, 5.74) is 3.81. The predicted molar refractivity (Wildman–Crippen MR) is 194 cm³/mol. The van der Waals surface area contributed by atoms with Gasteiger partial charge < -0.3 is 8.83 Å². The quantitative estimate of drug-likeness (QED) is 0.195. The topological polar surface area (TPSA) is 65.0 Å². The number of rotatable bonds is 4. The van der Waals surface area contributed by atoms with Gasteiger partial charge in [-0.2, -0.15) is 0 Å². The molecule has 3 aromatic heterocycles. The van der Waals surface area contributed by atoms with Gasteiger partial charge in [-0.25, -0.2) is 15.0 Å². The van der Waals surface area contributed by atoms with Gasteiger partial charge in [0.2, 0.25) is 0 Å². The Hall–Kier alpha value is -6.59. The van der Waals surface area contributed by atoms with Crippen molar-refractivity contribution in [2.75, 3.05) is 0 Å². The first kappa shape index (κ1) is 19.2. The summed E-state index contributed by atoms with van der Waals surface area (Å²) in [7, 11) is 0. The number of hydrogen-bond donors (Lipinski definition) is 0. The van der Waals surface area contributed by atoms with Crippen molar-refractivity contribution in [3.8, 4) is 45.3 Å². The number of benzene rings is 7. The lowest BCUT2D eigenvalue weighted by Gasteiger charge is -2.11. The van der Waals surface area contributed by atoms with Crippen LogP contribution in [0.4, 0.5) is 0 Å². The van der Waals surface area contributed by atoms with E-state index in [0.29, 0.717) is 22.3 Å². The normalized spacial score (nSPS) is 14.4. The summed E-state index contributed by atoms with van der Waals surface area (Å²) in [6.45, 7) is 0. The average molecular weight is 625 g/mol. The summed E-state index contributed by atoms with van der Waals surface area (Å²) in [4.78, 5) is 14.7. The molecule has 3 heterocycles. The predicted octanol–water partition coefficient (Wildman–Crippen LogP) is 11.5. The Bertz CT molecular complexity index is 3350. The highest BCUT2D eigenvalue weighted by Crippen LogP contribution is 2.42. The van der Waals surface area contributed by atoms with Gasteiger partial charge in [0.15, 0.2) is 17.5 Å². The van der Waals surface area contributed by atoms with Crippen LogP contribution in [0.3, 0.4) is 0 Å². The van der Waals surface area contributed by atoms with E-state index in [2.05, 4.69) is 0 Å². The molecule has 0 fully saturated rings. The van der Waals surface area contributed by atoms with Crippen molar-refractivity contribution in [1.29, 1.82) is 0 Å². The average Bonchev–Trinajstić information content (AvgIpc) is 3.82. The van der Waals surface area contributed by atoms with Crippen LogP contribution in [0.1, 0.15) is 12.3 Å². The van der Waals surface area contributed by atoms with Crippen molar-refractivity contribution < 1.29 is 21.2 Å². The Labute approximate surface area is 287 Å². The van der Waals surface area contributed by atoms with Gasteiger partial charge >= 0.3 is 0 Å². The Balaban J connectivity index is 1.34. The number of hydrogen-bond acceptors (Lipinski definition) is 5. The van der Waals surface area contributed by atoms with Gasteiger partial charge in [0.05, 0.1) is 12.3 Å². The molecule has 5 nitrogen and oxygen atoms in total. The SMILES string of the molecule is [2H]c1c([2H])c(-c2nc(-c3ccccc3)nc(-c3cc(-c4ccccc4)c4c(c3)oc3ccccc34)n2)c2c(oc3c4c([2H])c([2H])c([2H])c([2H])c4c([2H])c([2H])c32)c1[2H]. The molecular weight excluding hydrogens is 590 g/mol. The molecule has 0 amide bonds. The molecule has 0 radical (unpaired) electrons. The zero-order valence-corrected chi connectivity index (χ0v) is 24.9. The molecule has 48 heavy (non-hydrogen) atoms. The summed E-state index contributed by atoms with van der Waals surface area (Å²) in [6.07, 6.45) is 0. The Morgan fingerprint density at radius 2 is 1.15 bits per heavy atom. The van der Waals surface area contributed by atoms with Crippen molar-refractivity contribution in [3.63, 3.8) is 0 Å². The van der Waals surface area contributed by atoms with E-state index in [1.54, 1.807) is 0 Å². The second-order valence-corrected chi connectivity index (χ2v) is 11.3. The minimum atomic E-state index is -0.568. The molecule has 0 bridgehead atoms. The van der Waals surface area contributed by atoms with Gasteiger partial charge in [0.25, 0.3) is 0 Å². The third-order valence-electron chi connectivity index (χ3n) is 8.46. The molecule has 0 spiro atoms. The molecule has 7 aromatic carbocycles. The minimum absolute atomic E-state index is 0.00214. The van der Waals surface area contributed by atoms with Gasteiger partial charge in [0, 0.05) is 43.6 Å². The summed E-state index contributed by atoms with van der Waals surface area (Å²) < 4.78 is 91.6. The van der Waals surface area contributed by atoms with E-state index in [9.17, 15) is 1.37 Å². The van der Waals surface area contributed by atoms with Crippen molar-refractivity contribution in [3.05, 3.63) is 151 Å². The molecule has 224 valence electrons. The number of fused-ring (bicyclic) bond motifs is 8. The van der Waals surface area contributed by atoms with E-state index >= 15 is 0 Å². The molecule has 0 unspecified atom stereocenters. The third kappa shape index (κ3) is 4.15. The maximum Gasteiger partial charge on any atom is 0.164 e. The molecule has 0 atom stereocenters. The van der Waals surface area contributed by atoms with Crippen LogP contribution in [0.2, 0.25) is 0 Å². The number of nitrogens with zero attached hydrogens (tertiary/aromatic N) is 3. The van der Waals surface area contributed by atoms with E-state index in [1.807, 2.05) is 97.1 Å². The molecule has 0 N–H and O–H groups in total. The van der Waals surface area contributed by atoms with Crippen LogP contribution < -0.4 is 0 Å². The van der Waals surface area contributed by atoms with Gasteiger partial charge in [-0.05, 0) is 46.8 Å². The minimum Gasteiger partial charge on any atom is -0.456 e. The largest absolute Gasteiger partial charge is 0.456 e. The Morgan fingerprint density at radius 3 is 2.00 bits per heavy atom. The summed E-state index contributed by atoms with van der Waals surface area (Å²) in [6, 6.07) is 26.1. The van der Waals surface area contributed by atoms with Crippen molar-refractivity contribution in [2.45, 2.75) is 0 Å². The first-order valence-electron chi connectivity index (χ1n) is 19.7. The van der Waals surface area contributed by atoms with Crippen LogP contribution >= 0.6 is 0 Å². The molecule has 0 aliphatic rings. The standard InChI is InChI=1S/C43H25N3O2/c1-3-12-26(13-4-1)34-24-29(25-37-38(34)31-18-9-10-20-35(31)47-37)42-44-41(28-15-5-2-6-16-28)45-43(46-42)33-19-11-21-36-39(33)32-23-22-27-14-7-8-17-30(27)40(32)48-36/h1-25H/i7D,8D,11D,14D,17D,19D,21D,22D,23D. The molecule has 0 saturated heterocycles. The monoisotopic (exact) mass is 624 g/mol. The zero-order valence-electron chi connectivity index (χ0n) is 33.9. The van der Waals surface area contributed by atoms with Crippen LogP contribution in [-0.4, -0.2) is 15.0 Å². The van der Waals surface area contributed by atoms with Crippen LogP contribution in [0.15, 0.2) is 160 Å². The first-order valence-corrected chi connectivity index (χ1v) is 15.2. The lowest BCUT2D eigenvalue weighted by Crippen LogP contribution is -2.00. The molecule has 0 saturated carbocycles. The van der Waals surface area contributed by atoms with Crippen molar-refractivity contribution in [2.24, 2.45) is 0 Å². The van der Waals surface area contributed by atoms with Crippen LogP contribution in [-0.2, 0) is 0 Å². The number of furan rings is 2. The van der Waals surface area contributed by atoms with E-state index < -0.39 is 54.4 Å². The fraction of sp³-hybridized carbons (Fsp3) is 0. The molecule has 0 aliphatic heterocycles. The Kier molecular flexibility index (Phi) is 4.18. The van der Waals surface area contributed by atoms with Crippen molar-refractivity contribution >= 4 is 54.6 Å². The number of aromatic nitrogens is 3. The van der Waals surface area contributed by atoms with E-state index in [4.69, 9.17) is 34.8 Å². The van der Waals surface area contributed by atoms with Gasteiger partial charge in [-0.15, -0.1) is 0 Å². The molecular formula is C43H25N3O2. The Morgan fingerprint density at radius 1 is 0.438 bits per heavy atom. The van der Waals surface area contributed by atoms with Gasteiger partial charge in [-0.1, -0.05) is 121 Å². The van der Waals surface area contributed by atoms with Gasteiger partial charge in [0.1, 0.15) is 22.3 Å². The van der Waals surface area contributed by atoms with Crippen LogP contribution in [0.25, 0.3) is 99.9 Å². The summed E-state index contributed by atoms with van der Waals surface area (Å²) in [5, 5.41) is 1.41. The van der Waals surface area contributed by atoms with E-state index in [1.165, 1.54) is 0 Å². The summed E-state index contributed by atoms with van der Waals surface area (Å²) in [5.74, 6) is 0.360. The lowest BCUT2D eigenvalue weighted by atomic mass is 9.96. The highest BCUT2D eigenvalue weighted by molar-refractivity contribution is 6.19. The first-order chi connectivity index (χ1) is 27.5. The summed E-state index contributed by atoms with van der Waals surface area (Å²) >= 11 is 0. The zero-order chi connectivity index (χ0) is 39.4. The number of para-hydroxylation sites is 1. The van der Waals surface area contributed by atoms with Crippen LogP contribution in [0, 0.1) is 0 Å². The van der Waals surface area contributed by atoms with Crippen LogP contribution in [0.5, 0.6) is 0 Å². The van der Waals surface area contributed by atoms with Gasteiger partial charge in [-0.3, -0.25) is 0 Å². The fourth-order valence-electron chi connectivity index (χ4n) is 6.30. The second kappa shape index (κ2) is 10.5. The van der Waals surface area contributed by atoms with E-state index in [0.717, 1.165) is 21.9 Å². The lowest BCUT2D eigenvalue weighted by molar-refractivity contribution is 0.669. The van der Waals surface area contributed by atoms with E-state index in [-0.39, 0.29) is 55.7 Å². The highest BCUT2D eigenvalue weighted by atomic mass is 16.3.